The first kappa shape index (κ1) is 44.7. The topological polar surface area (TPSA) is 164 Å². The van der Waals surface area contributed by atoms with Gasteiger partial charge in [0.1, 0.15) is 0 Å². The number of methoxy groups -OCH3 is 8. The van der Waals surface area contributed by atoms with Crippen molar-refractivity contribution >= 4 is 45.9 Å². The lowest BCUT2D eigenvalue weighted by atomic mass is 9.96. The zero-order chi connectivity index (χ0) is 43.0. The summed E-state index contributed by atoms with van der Waals surface area (Å²) in [7, 11) is 12.6. The van der Waals surface area contributed by atoms with Crippen LogP contribution in [0.4, 0.5) is 45.9 Å². The molecule has 59 heavy (non-hydrogen) atoms. The molecular weight excluding hydrogens is 757 g/mol. The zero-order valence-electron chi connectivity index (χ0n) is 35.9. The Morgan fingerprint density at radius 1 is 0.407 bits per heavy atom. The van der Waals surface area contributed by atoms with E-state index >= 15 is 0 Å². The Hall–Kier alpha value is -5.36. The number of nitrogens with zero attached hydrogens (tertiary/aromatic N) is 1. The zero-order valence-corrected chi connectivity index (χ0v) is 35.9. The molecule has 1 aromatic heterocycles. The fourth-order valence-electron chi connectivity index (χ4n) is 6.15. The highest BCUT2D eigenvalue weighted by Crippen LogP contribution is 2.50. The van der Waals surface area contributed by atoms with E-state index in [-0.39, 0.29) is 5.88 Å². The van der Waals surface area contributed by atoms with Gasteiger partial charge in [0.2, 0.25) is 35.4 Å². The van der Waals surface area contributed by atoms with Crippen LogP contribution in [-0.2, 0) is 37.9 Å². The van der Waals surface area contributed by atoms with Crippen LogP contribution in [0.25, 0.3) is 22.3 Å². The van der Waals surface area contributed by atoms with Gasteiger partial charge in [-0.15, -0.1) is 0 Å². The summed E-state index contributed by atoms with van der Waals surface area (Å²) in [4.78, 5) is 2.01. The Labute approximate surface area is 347 Å². The normalized spacial score (nSPS) is 12.3. The van der Waals surface area contributed by atoms with E-state index in [1.54, 1.807) is 84.6 Å². The Balaban J connectivity index is 1.71. The fraction of sp³-hybridized carbons (Fsp3) is 0.364. The molecule has 15 nitrogen and oxygen atoms in total. The molecule has 0 amide bonds. The minimum atomic E-state index is -1.04. The molecule has 0 aliphatic heterocycles. The van der Waals surface area contributed by atoms with Gasteiger partial charge in [-0.05, 0) is 83.9 Å². The minimum absolute atomic E-state index is 0.219. The van der Waals surface area contributed by atoms with E-state index in [1.165, 1.54) is 0 Å². The summed E-state index contributed by atoms with van der Waals surface area (Å²) in [6.07, 6.45) is 0. The third-order valence-electron chi connectivity index (χ3n) is 10.3. The number of furan rings is 1. The molecule has 0 spiro atoms. The molecule has 0 bridgehead atoms. The molecule has 0 radical (unpaired) electrons. The van der Waals surface area contributed by atoms with Gasteiger partial charge in [-0.2, -0.15) is 0 Å². The highest BCUT2D eigenvalue weighted by molar-refractivity contribution is 5.99. The Morgan fingerprint density at radius 2 is 0.661 bits per heavy atom. The molecular formula is C44H58N6O9. The lowest BCUT2D eigenvalue weighted by Crippen LogP contribution is -2.38. The second kappa shape index (κ2) is 18.7. The molecule has 0 aliphatic rings. The van der Waals surface area contributed by atoms with Crippen LogP contribution < -0.4 is 31.9 Å². The van der Waals surface area contributed by atoms with Crippen molar-refractivity contribution in [1.82, 2.24) is 0 Å². The highest BCUT2D eigenvalue weighted by Gasteiger charge is 2.30. The van der Waals surface area contributed by atoms with Crippen LogP contribution in [0.3, 0.4) is 0 Å². The van der Waals surface area contributed by atoms with Crippen LogP contribution in [0.15, 0.2) is 101 Å². The first-order valence-corrected chi connectivity index (χ1v) is 18.8. The molecule has 0 saturated carbocycles. The molecule has 0 fully saturated rings. The van der Waals surface area contributed by atoms with Crippen LogP contribution in [-0.4, -0.2) is 80.5 Å². The maximum atomic E-state index is 6.92. The molecule has 6 N–H and O–H groups in total. The summed E-state index contributed by atoms with van der Waals surface area (Å²) in [5.41, 5.74) is 14.7. The average Bonchev–Trinajstić information content (AvgIpc) is 3.60. The largest absolute Gasteiger partial charge is 0.423 e. The standard InChI is InChI=1S/C44H58N6O9/c1-41(51-5,52-6)46-31-17-13-29(14-18-31)37-38(30-15-19-32(20-16-30)47-42(2,53-7)54-8)40(59-39(37)45)50(35-25-21-33(22-26-35)48-43(3,55-9)56-10)36-27-23-34(24-28-36)49-44(4,57-11)58-12/h13-28,46-49H,45H2,1-12H3. The van der Waals surface area contributed by atoms with Gasteiger partial charge in [-0.25, -0.2) is 0 Å². The number of nitrogen functional groups attached to an aromatic ring is 1. The van der Waals surface area contributed by atoms with Gasteiger partial charge in [-0.1, -0.05) is 24.3 Å². The highest BCUT2D eigenvalue weighted by atomic mass is 16.7. The van der Waals surface area contributed by atoms with Gasteiger partial charge in [0.05, 0.1) is 11.1 Å². The molecule has 0 aliphatic carbocycles. The lowest BCUT2D eigenvalue weighted by molar-refractivity contribution is -0.171. The summed E-state index contributed by atoms with van der Waals surface area (Å²) >= 11 is 0. The maximum Gasteiger partial charge on any atom is 0.245 e. The molecule has 0 saturated heterocycles. The number of nitrogens with two attached hydrogens (primary N) is 1. The van der Waals surface area contributed by atoms with Crippen molar-refractivity contribution in [2.45, 2.75) is 51.3 Å². The lowest BCUT2D eigenvalue weighted by Gasteiger charge is -2.30. The number of hydrogen-bond donors (Lipinski definition) is 5. The predicted molar refractivity (Wildman–Crippen MR) is 233 cm³/mol. The summed E-state index contributed by atoms with van der Waals surface area (Å²) in [6.45, 7) is 7.18. The number of hydrogen-bond acceptors (Lipinski definition) is 15. The minimum Gasteiger partial charge on any atom is -0.423 e. The summed E-state index contributed by atoms with van der Waals surface area (Å²) in [5.74, 6) is -3.45. The number of nitrogens with one attached hydrogen (secondary N) is 4. The Bertz CT molecular complexity index is 2010. The second-order valence-corrected chi connectivity index (χ2v) is 14.0. The van der Waals surface area contributed by atoms with Gasteiger partial charge in [0.15, 0.2) is 0 Å². The summed E-state index contributed by atoms with van der Waals surface area (Å²) in [5, 5.41) is 13.1. The van der Waals surface area contributed by atoms with Gasteiger partial charge >= 0.3 is 0 Å². The molecule has 318 valence electrons. The van der Waals surface area contributed by atoms with Crippen molar-refractivity contribution in [2.24, 2.45) is 0 Å². The van der Waals surface area contributed by atoms with Gasteiger partial charge in [0, 0.05) is 119 Å². The third kappa shape index (κ3) is 10.3. The smallest absolute Gasteiger partial charge is 0.245 e. The van der Waals surface area contributed by atoms with E-state index in [0.717, 1.165) is 50.8 Å². The average molecular weight is 815 g/mol. The van der Waals surface area contributed by atoms with Crippen LogP contribution in [0.5, 0.6) is 0 Å². The van der Waals surface area contributed by atoms with E-state index < -0.39 is 23.6 Å². The molecule has 5 rings (SSSR count). The monoisotopic (exact) mass is 814 g/mol. The van der Waals surface area contributed by atoms with E-state index in [2.05, 4.69) is 21.3 Å². The van der Waals surface area contributed by atoms with Crippen LogP contribution in [0.2, 0.25) is 0 Å². The van der Waals surface area contributed by atoms with Crippen molar-refractivity contribution in [3.63, 3.8) is 0 Å². The SMILES string of the molecule is COC(C)(Nc1ccc(-c2c(N)oc(N(c3ccc(NC(C)(OC)OC)cc3)c3ccc(NC(C)(OC)OC)cc3)c2-c2ccc(NC(C)(OC)OC)cc2)cc1)OC. The Kier molecular flexibility index (Phi) is 14.2. The third-order valence-corrected chi connectivity index (χ3v) is 10.3. The molecule has 15 heteroatoms. The Morgan fingerprint density at radius 3 is 0.932 bits per heavy atom. The van der Waals surface area contributed by atoms with Crippen LogP contribution in [0, 0.1) is 0 Å². The number of anilines is 8. The van der Waals surface area contributed by atoms with Gasteiger partial charge < -0.3 is 69.3 Å². The van der Waals surface area contributed by atoms with Crippen molar-refractivity contribution in [3.05, 3.63) is 97.1 Å². The molecule has 0 atom stereocenters. The number of rotatable bonds is 21. The van der Waals surface area contributed by atoms with E-state index in [0.29, 0.717) is 11.4 Å². The van der Waals surface area contributed by atoms with E-state index in [4.69, 9.17) is 48.0 Å². The molecule has 5 aromatic rings. The van der Waals surface area contributed by atoms with Gasteiger partial charge in [0.25, 0.3) is 0 Å². The number of benzene rings is 4. The van der Waals surface area contributed by atoms with E-state index in [1.807, 2.05) is 102 Å². The van der Waals surface area contributed by atoms with Crippen molar-refractivity contribution in [2.75, 3.05) is 88.8 Å². The van der Waals surface area contributed by atoms with Crippen LogP contribution in [0.1, 0.15) is 27.7 Å². The van der Waals surface area contributed by atoms with Crippen molar-refractivity contribution in [3.8, 4) is 22.3 Å². The first-order valence-electron chi connectivity index (χ1n) is 18.8. The maximum absolute atomic E-state index is 6.92. The molecule has 1 heterocycles. The fourth-order valence-corrected chi connectivity index (χ4v) is 6.15. The van der Waals surface area contributed by atoms with Crippen molar-refractivity contribution in [1.29, 1.82) is 0 Å². The second-order valence-electron chi connectivity index (χ2n) is 14.0. The number of ether oxygens (including phenoxy) is 8. The molecule has 0 unspecified atom stereocenters. The van der Waals surface area contributed by atoms with Gasteiger partial charge in [-0.3, -0.25) is 4.90 Å². The van der Waals surface area contributed by atoms with E-state index in [9.17, 15) is 0 Å². The first-order chi connectivity index (χ1) is 28.1. The predicted octanol–water partition coefficient (Wildman–Crippen LogP) is 9.18. The van der Waals surface area contributed by atoms with Crippen LogP contribution >= 0.6 is 0 Å². The quantitative estimate of drug-likeness (QED) is 0.0445. The summed E-state index contributed by atoms with van der Waals surface area (Å²) < 4.78 is 51.1. The molecule has 4 aromatic carbocycles. The summed E-state index contributed by atoms with van der Waals surface area (Å²) in [6, 6.07) is 31.3. The van der Waals surface area contributed by atoms with Crippen molar-refractivity contribution < 1.29 is 42.3 Å².